The lowest BCUT2D eigenvalue weighted by atomic mass is 10.1. The van der Waals surface area contributed by atoms with Gasteiger partial charge in [-0.1, -0.05) is 0 Å². The highest BCUT2D eigenvalue weighted by atomic mass is 16.5. The van der Waals surface area contributed by atoms with Crippen molar-refractivity contribution >= 4 is 5.97 Å². The third-order valence-corrected chi connectivity index (χ3v) is 3.45. The van der Waals surface area contributed by atoms with E-state index in [0.717, 1.165) is 45.3 Å². The monoisotopic (exact) mass is 213 g/mol. The Labute approximate surface area is 90.0 Å². The number of carboxylic acids is 1. The molecule has 1 aliphatic carbocycles. The van der Waals surface area contributed by atoms with Gasteiger partial charge >= 0.3 is 5.97 Å². The van der Waals surface area contributed by atoms with Gasteiger partial charge in [-0.05, 0) is 38.0 Å². The standard InChI is InChI=1S/C11H19NO3/c13-11(14)9-4-3-8(6-9)7-12-10-2-1-5-15-10/h8-10,12H,1-7H2,(H,13,14). The van der Waals surface area contributed by atoms with Gasteiger partial charge in [0.15, 0.2) is 0 Å². The fraction of sp³-hybridized carbons (Fsp3) is 0.909. The summed E-state index contributed by atoms with van der Waals surface area (Å²) < 4.78 is 5.46. The number of carbonyl (C=O) groups is 1. The normalized spacial score (nSPS) is 35.9. The molecule has 86 valence electrons. The summed E-state index contributed by atoms with van der Waals surface area (Å²) in [5, 5.41) is 12.2. The van der Waals surface area contributed by atoms with E-state index < -0.39 is 5.97 Å². The van der Waals surface area contributed by atoms with E-state index >= 15 is 0 Å². The van der Waals surface area contributed by atoms with Crippen LogP contribution in [0.1, 0.15) is 32.1 Å². The molecule has 3 unspecified atom stereocenters. The van der Waals surface area contributed by atoms with E-state index in [1.807, 2.05) is 0 Å². The van der Waals surface area contributed by atoms with E-state index in [1.165, 1.54) is 0 Å². The molecule has 2 fully saturated rings. The maximum absolute atomic E-state index is 10.8. The van der Waals surface area contributed by atoms with Crippen LogP contribution < -0.4 is 5.32 Å². The summed E-state index contributed by atoms with van der Waals surface area (Å²) in [6.45, 7) is 1.77. The fourth-order valence-electron chi connectivity index (χ4n) is 2.52. The summed E-state index contributed by atoms with van der Waals surface area (Å²) in [4.78, 5) is 10.8. The average Bonchev–Trinajstić information content (AvgIpc) is 2.86. The quantitative estimate of drug-likeness (QED) is 0.737. The van der Waals surface area contributed by atoms with Crippen LogP contribution in [0, 0.1) is 11.8 Å². The maximum atomic E-state index is 10.8. The Kier molecular flexibility index (Phi) is 3.59. The molecular weight excluding hydrogens is 194 g/mol. The lowest BCUT2D eigenvalue weighted by molar-refractivity contribution is -0.141. The molecule has 1 saturated heterocycles. The van der Waals surface area contributed by atoms with Gasteiger partial charge in [-0.2, -0.15) is 0 Å². The van der Waals surface area contributed by atoms with Crippen LogP contribution in [0.5, 0.6) is 0 Å². The van der Waals surface area contributed by atoms with E-state index in [0.29, 0.717) is 5.92 Å². The number of hydrogen-bond donors (Lipinski definition) is 2. The van der Waals surface area contributed by atoms with Crippen molar-refractivity contribution in [1.29, 1.82) is 0 Å². The molecule has 15 heavy (non-hydrogen) atoms. The maximum Gasteiger partial charge on any atom is 0.306 e. The lowest BCUT2D eigenvalue weighted by Gasteiger charge is -2.15. The smallest absolute Gasteiger partial charge is 0.306 e. The largest absolute Gasteiger partial charge is 0.481 e. The minimum atomic E-state index is -0.630. The van der Waals surface area contributed by atoms with Crippen LogP contribution in [0.2, 0.25) is 0 Å². The lowest BCUT2D eigenvalue weighted by Crippen LogP contribution is -2.32. The molecule has 1 aliphatic heterocycles. The molecular formula is C11H19NO3. The summed E-state index contributed by atoms with van der Waals surface area (Å²) in [6, 6.07) is 0. The fourth-order valence-corrected chi connectivity index (χ4v) is 2.52. The van der Waals surface area contributed by atoms with Crippen molar-refractivity contribution < 1.29 is 14.6 Å². The van der Waals surface area contributed by atoms with Crippen molar-refractivity contribution in [3.05, 3.63) is 0 Å². The highest BCUT2D eigenvalue weighted by Gasteiger charge is 2.30. The van der Waals surface area contributed by atoms with Crippen molar-refractivity contribution in [3.63, 3.8) is 0 Å². The molecule has 4 nitrogen and oxygen atoms in total. The Hall–Kier alpha value is -0.610. The van der Waals surface area contributed by atoms with Crippen molar-refractivity contribution in [2.24, 2.45) is 11.8 Å². The van der Waals surface area contributed by atoms with Crippen LogP contribution in [0.4, 0.5) is 0 Å². The Bertz CT molecular complexity index is 226. The van der Waals surface area contributed by atoms with E-state index in [4.69, 9.17) is 9.84 Å². The van der Waals surface area contributed by atoms with Crippen molar-refractivity contribution in [3.8, 4) is 0 Å². The van der Waals surface area contributed by atoms with Gasteiger partial charge in [-0.15, -0.1) is 0 Å². The van der Waals surface area contributed by atoms with Crippen molar-refractivity contribution in [1.82, 2.24) is 5.32 Å². The number of aliphatic carboxylic acids is 1. The van der Waals surface area contributed by atoms with Gasteiger partial charge in [0.25, 0.3) is 0 Å². The SMILES string of the molecule is O=C(O)C1CCC(CNC2CCCO2)C1. The van der Waals surface area contributed by atoms with Gasteiger partial charge < -0.3 is 9.84 Å². The van der Waals surface area contributed by atoms with Gasteiger partial charge in [0.1, 0.15) is 6.23 Å². The second-order valence-corrected chi connectivity index (χ2v) is 4.62. The van der Waals surface area contributed by atoms with Gasteiger partial charge in [-0.3, -0.25) is 10.1 Å². The Morgan fingerprint density at radius 2 is 2.27 bits per heavy atom. The number of hydrogen-bond acceptors (Lipinski definition) is 3. The number of ether oxygens (including phenoxy) is 1. The van der Waals surface area contributed by atoms with E-state index in [9.17, 15) is 4.79 Å². The minimum absolute atomic E-state index is 0.110. The summed E-state index contributed by atoms with van der Waals surface area (Å²) in [5.74, 6) is -0.216. The third-order valence-electron chi connectivity index (χ3n) is 3.45. The second-order valence-electron chi connectivity index (χ2n) is 4.62. The molecule has 0 amide bonds. The summed E-state index contributed by atoms with van der Waals surface area (Å²) in [6.07, 6.45) is 5.16. The first kappa shape index (κ1) is 10.9. The average molecular weight is 213 g/mol. The first-order valence-corrected chi connectivity index (χ1v) is 5.83. The molecule has 0 aromatic heterocycles. The predicted molar refractivity (Wildman–Crippen MR) is 55.4 cm³/mol. The molecule has 2 rings (SSSR count). The molecule has 0 spiro atoms. The molecule has 0 aromatic rings. The van der Waals surface area contributed by atoms with Crippen LogP contribution >= 0.6 is 0 Å². The first-order chi connectivity index (χ1) is 7.25. The molecule has 2 N–H and O–H groups in total. The predicted octanol–water partition coefficient (Wildman–Crippen LogP) is 1.21. The Balaban J connectivity index is 1.66. The van der Waals surface area contributed by atoms with Crippen molar-refractivity contribution in [2.75, 3.05) is 13.2 Å². The van der Waals surface area contributed by atoms with E-state index in [1.54, 1.807) is 0 Å². The van der Waals surface area contributed by atoms with Crippen LogP contribution in [-0.4, -0.2) is 30.5 Å². The Morgan fingerprint density at radius 1 is 1.40 bits per heavy atom. The summed E-state index contributed by atoms with van der Waals surface area (Å²) in [5.41, 5.74) is 0. The first-order valence-electron chi connectivity index (χ1n) is 5.83. The molecule has 0 bridgehead atoms. The Morgan fingerprint density at radius 3 is 2.87 bits per heavy atom. The zero-order chi connectivity index (χ0) is 10.7. The highest BCUT2D eigenvalue weighted by molar-refractivity contribution is 5.70. The van der Waals surface area contributed by atoms with E-state index in [2.05, 4.69) is 5.32 Å². The molecule has 0 radical (unpaired) electrons. The van der Waals surface area contributed by atoms with Gasteiger partial charge in [0.05, 0.1) is 5.92 Å². The van der Waals surface area contributed by atoms with Crippen LogP contribution in [0.25, 0.3) is 0 Å². The minimum Gasteiger partial charge on any atom is -0.481 e. The van der Waals surface area contributed by atoms with Gasteiger partial charge in [-0.25, -0.2) is 0 Å². The second kappa shape index (κ2) is 4.94. The van der Waals surface area contributed by atoms with Crippen molar-refractivity contribution in [2.45, 2.75) is 38.3 Å². The van der Waals surface area contributed by atoms with Crippen LogP contribution in [-0.2, 0) is 9.53 Å². The number of carboxylic acid groups (broad SMARTS) is 1. The number of nitrogens with one attached hydrogen (secondary N) is 1. The molecule has 2 aliphatic rings. The summed E-state index contributed by atoms with van der Waals surface area (Å²) in [7, 11) is 0. The zero-order valence-electron chi connectivity index (χ0n) is 8.95. The molecule has 3 atom stereocenters. The molecule has 4 heteroatoms. The van der Waals surface area contributed by atoms with Gasteiger partial charge in [0.2, 0.25) is 0 Å². The highest BCUT2D eigenvalue weighted by Crippen LogP contribution is 2.30. The summed E-state index contributed by atoms with van der Waals surface area (Å²) >= 11 is 0. The third kappa shape index (κ3) is 2.92. The van der Waals surface area contributed by atoms with Gasteiger partial charge in [0, 0.05) is 13.2 Å². The zero-order valence-corrected chi connectivity index (χ0v) is 8.95. The molecule has 1 saturated carbocycles. The van der Waals surface area contributed by atoms with E-state index in [-0.39, 0.29) is 12.1 Å². The molecule has 1 heterocycles. The van der Waals surface area contributed by atoms with Crippen LogP contribution in [0.15, 0.2) is 0 Å². The molecule has 0 aromatic carbocycles. The van der Waals surface area contributed by atoms with Crippen LogP contribution in [0.3, 0.4) is 0 Å². The topological polar surface area (TPSA) is 58.6 Å². The number of rotatable bonds is 4.